The standard InChI is InChI=1S/C12H10Br2O/c13-7-5-8-10(15)1-2-12(3-4-12)11(8)9(14)6-7/h5-6H,1-4H2. The van der Waals surface area contributed by atoms with Crippen molar-refractivity contribution in [3.05, 3.63) is 32.2 Å². The van der Waals surface area contributed by atoms with Gasteiger partial charge >= 0.3 is 0 Å². The summed E-state index contributed by atoms with van der Waals surface area (Å²) in [7, 11) is 0. The van der Waals surface area contributed by atoms with Gasteiger partial charge in [0.25, 0.3) is 0 Å². The van der Waals surface area contributed by atoms with E-state index in [9.17, 15) is 4.79 Å². The van der Waals surface area contributed by atoms with Gasteiger partial charge in [-0.05, 0) is 42.4 Å². The first-order chi connectivity index (χ1) is 7.12. The van der Waals surface area contributed by atoms with E-state index in [0.29, 0.717) is 11.2 Å². The molecule has 3 heteroatoms. The first-order valence-electron chi connectivity index (χ1n) is 5.15. The Balaban J connectivity index is 2.28. The van der Waals surface area contributed by atoms with Crippen LogP contribution < -0.4 is 0 Å². The number of rotatable bonds is 0. The Morgan fingerprint density at radius 1 is 1.13 bits per heavy atom. The first-order valence-corrected chi connectivity index (χ1v) is 6.74. The lowest BCUT2D eigenvalue weighted by atomic mass is 9.79. The average molecular weight is 330 g/mol. The Kier molecular flexibility index (Phi) is 2.12. The molecule has 1 fully saturated rings. The van der Waals surface area contributed by atoms with Gasteiger partial charge in [0.15, 0.2) is 5.78 Å². The Hall–Kier alpha value is -0.150. The molecule has 0 unspecified atom stereocenters. The lowest BCUT2D eigenvalue weighted by Gasteiger charge is -2.25. The molecule has 0 radical (unpaired) electrons. The van der Waals surface area contributed by atoms with E-state index in [1.54, 1.807) is 0 Å². The quantitative estimate of drug-likeness (QED) is 0.696. The van der Waals surface area contributed by atoms with Crippen molar-refractivity contribution in [2.75, 3.05) is 0 Å². The molecule has 1 aromatic carbocycles. The van der Waals surface area contributed by atoms with E-state index in [-0.39, 0.29) is 0 Å². The highest BCUT2D eigenvalue weighted by atomic mass is 79.9. The maximum absolute atomic E-state index is 11.9. The molecule has 0 heterocycles. The van der Waals surface area contributed by atoms with Crippen molar-refractivity contribution in [3.63, 3.8) is 0 Å². The molecule has 78 valence electrons. The van der Waals surface area contributed by atoms with Crippen LogP contribution in [-0.4, -0.2) is 5.78 Å². The van der Waals surface area contributed by atoms with Gasteiger partial charge < -0.3 is 0 Å². The molecule has 15 heavy (non-hydrogen) atoms. The van der Waals surface area contributed by atoms with Crippen LogP contribution >= 0.6 is 31.9 Å². The van der Waals surface area contributed by atoms with E-state index in [4.69, 9.17) is 0 Å². The van der Waals surface area contributed by atoms with Gasteiger partial charge in [-0.2, -0.15) is 0 Å². The zero-order chi connectivity index (χ0) is 10.6. The van der Waals surface area contributed by atoms with Crippen LogP contribution in [0, 0.1) is 0 Å². The SMILES string of the molecule is O=C1CCC2(CC2)c2c(Br)cc(Br)cc21. The predicted octanol–water partition coefficient (Wildman–Crippen LogP) is 4.22. The molecule has 1 saturated carbocycles. The summed E-state index contributed by atoms with van der Waals surface area (Å²) in [5, 5.41) is 0. The monoisotopic (exact) mass is 328 g/mol. The molecule has 0 N–H and O–H groups in total. The summed E-state index contributed by atoms with van der Waals surface area (Å²) in [5.74, 6) is 0.296. The molecule has 2 aliphatic rings. The second-order valence-electron chi connectivity index (χ2n) is 4.51. The zero-order valence-electron chi connectivity index (χ0n) is 8.15. The van der Waals surface area contributed by atoms with E-state index in [1.807, 2.05) is 6.07 Å². The molecule has 0 saturated heterocycles. The van der Waals surface area contributed by atoms with Crippen LogP contribution in [0.4, 0.5) is 0 Å². The lowest BCUT2D eigenvalue weighted by molar-refractivity contribution is 0.0964. The minimum absolute atomic E-state index is 0.296. The van der Waals surface area contributed by atoms with Gasteiger partial charge in [-0.1, -0.05) is 31.9 Å². The molecule has 3 rings (SSSR count). The topological polar surface area (TPSA) is 17.1 Å². The largest absolute Gasteiger partial charge is 0.294 e. The first kappa shape index (κ1) is 10.0. The molecule has 1 aromatic rings. The molecular weight excluding hydrogens is 320 g/mol. The number of halogens is 2. The number of carbonyl (C=O) groups is 1. The fourth-order valence-corrected chi connectivity index (χ4v) is 4.24. The molecule has 0 aliphatic heterocycles. The van der Waals surface area contributed by atoms with Crippen molar-refractivity contribution in [3.8, 4) is 0 Å². The minimum Gasteiger partial charge on any atom is -0.294 e. The van der Waals surface area contributed by atoms with Crippen LogP contribution in [0.15, 0.2) is 21.1 Å². The molecule has 0 aromatic heterocycles. The van der Waals surface area contributed by atoms with E-state index < -0.39 is 0 Å². The van der Waals surface area contributed by atoms with Crippen LogP contribution in [0.25, 0.3) is 0 Å². The highest BCUT2D eigenvalue weighted by Crippen LogP contribution is 2.57. The number of carbonyl (C=O) groups excluding carboxylic acids is 1. The highest BCUT2D eigenvalue weighted by Gasteiger charge is 2.49. The fourth-order valence-electron chi connectivity index (χ4n) is 2.60. The molecule has 0 bridgehead atoms. The van der Waals surface area contributed by atoms with Crippen molar-refractivity contribution in [2.24, 2.45) is 0 Å². The number of ketones is 1. The van der Waals surface area contributed by atoms with Gasteiger partial charge in [-0.15, -0.1) is 0 Å². The van der Waals surface area contributed by atoms with Crippen molar-refractivity contribution in [1.82, 2.24) is 0 Å². The Morgan fingerprint density at radius 2 is 1.87 bits per heavy atom. The summed E-state index contributed by atoms with van der Waals surface area (Å²) in [5.41, 5.74) is 2.53. The van der Waals surface area contributed by atoms with Crippen molar-refractivity contribution >= 4 is 37.6 Å². The van der Waals surface area contributed by atoms with Crippen LogP contribution in [0.2, 0.25) is 0 Å². The Bertz CT molecular complexity index is 461. The molecule has 0 atom stereocenters. The fraction of sp³-hybridized carbons (Fsp3) is 0.417. The second kappa shape index (κ2) is 3.17. The van der Waals surface area contributed by atoms with Crippen molar-refractivity contribution in [2.45, 2.75) is 31.1 Å². The van der Waals surface area contributed by atoms with Gasteiger partial charge in [-0.25, -0.2) is 0 Å². The third kappa shape index (κ3) is 1.43. The van der Waals surface area contributed by atoms with E-state index >= 15 is 0 Å². The number of fused-ring (bicyclic) bond motifs is 2. The zero-order valence-corrected chi connectivity index (χ0v) is 11.3. The summed E-state index contributed by atoms with van der Waals surface area (Å²) in [4.78, 5) is 11.9. The Morgan fingerprint density at radius 3 is 2.53 bits per heavy atom. The summed E-state index contributed by atoms with van der Waals surface area (Å²) < 4.78 is 2.08. The lowest BCUT2D eigenvalue weighted by Crippen LogP contribution is -2.21. The van der Waals surface area contributed by atoms with Gasteiger partial charge in [-0.3, -0.25) is 4.79 Å². The summed E-state index contributed by atoms with van der Waals surface area (Å²) >= 11 is 7.04. The van der Waals surface area contributed by atoms with Crippen LogP contribution in [-0.2, 0) is 5.41 Å². The normalized spacial score (nSPS) is 21.6. The predicted molar refractivity (Wildman–Crippen MR) is 66.3 cm³/mol. The van der Waals surface area contributed by atoms with Crippen molar-refractivity contribution in [1.29, 1.82) is 0 Å². The number of benzene rings is 1. The van der Waals surface area contributed by atoms with Crippen molar-refractivity contribution < 1.29 is 4.79 Å². The second-order valence-corrected chi connectivity index (χ2v) is 6.28. The number of hydrogen-bond acceptors (Lipinski definition) is 1. The molecule has 2 aliphatic carbocycles. The smallest absolute Gasteiger partial charge is 0.163 e. The van der Waals surface area contributed by atoms with E-state index in [0.717, 1.165) is 27.4 Å². The maximum atomic E-state index is 11.9. The van der Waals surface area contributed by atoms with Gasteiger partial charge in [0.05, 0.1) is 0 Å². The van der Waals surface area contributed by atoms with Crippen LogP contribution in [0.5, 0.6) is 0 Å². The van der Waals surface area contributed by atoms with Gasteiger partial charge in [0, 0.05) is 20.9 Å². The van der Waals surface area contributed by atoms with Gasteiger partial charge in [0.1, 0.15) is 0 Å². The molecule has 1 spiro atoms. The maximum Gasteiger partial charge on any atom is 0.163 e. The third-order valence-corrected chi connectivity index (χ3v) is 4.65. The number of hydrogen-bond donors (Lipinski definition) is 0. The number of Topliss-reactive ketones (excluding diaryl/α,β-unsaturated/α-hetero) is 1. The van der Waals surface area contributed by atoms with Crippen LogP contribution in [0.1, 0.15) is 41.6 Å². The summed E-state index contributed by atoms with van der Waals surface area (Å²) in [6, 6.07) is 4.03. The summed E-state index contributed by atoms with van der Waals surface area (Å²) in [6.07, 6.45) is 4.25. The van der Waals surface area contributed by atoms with Crippen LogP contribution in [0.3, 0.4) is 0 Å². The van der Waals surface area contributed by atoms with E-state index in [2.05, 4.69) is 37.9 Å². The third-order valence-electron chi connectivity index (χ3n) is 3.57. The Labute approximate surface area is 106 Å². The molecular formula is C12H10Br2O. The molecule has 1 nitrogen and oxygen atoms in total. The molecule has 0 amide bonds. The average Bonchev–Trinajstić information content (AvgIpc) is 2.92. The van der Waals surface area contributed by atoms with Gasteiger partial charge in [0.2, 0.25) is 0 Å². The summed E-state index contributed by atoms with van der Waals surface area (Å²) in [6.45, 7) is 0. The minimum atomic E-state index is 0.296. The van der Waals surface area contributed by atoms with E-state index in [1.165, 1.54) is 18.4 Å². The highest BCUT2D eigenvalue weighted by molar-refractivity contribution is 9.11.